The molecule has 0 atom stereocenters. The maximum atomic E-state index is 8.67. The smallest absolute Gasteiger partial charge is 0.530 e. The number of hydrogen-bond donors (Lipinski definition) is 2. The molecular weight excluding hydrogens is 247 g/mol. The third kappa shape index (κ3) is 71.2. The van der Waals surface area contributed by atoms with E-state index in [2.05, 4.69) is 17.5 Å². The summed E-state index contributed by atoms with van der Waals surface area (Å²) in [5, 5.41) is 17.3. The quantitative estimate of drug-likeness (QED) is 0.412. The second-order valence-electron chi connectivity index (χ2n) is 1.72. The molecule has 1 aromatic carbocycles. The molecule has 0 fully saturated rings. The molecule has 0 heterocycles. The minimum Gasteiger partial charge on any atom is -0.530 e. The Kier molecular flexibility index (Phi) is 18.6. The zero-order valence-electron chi connectivity index (χ0n) is 7.49. The van der Waals surface area contributed by atoms with Gasteiger partial charge in [0.05, 0.1) is 0 Å². The molecule has 4 N–H and O–H groups in total. The normalized spacial score (nSPS) is 6.40. The number of benzene rings is 1. The number of nitrogens with two attached hydrogens (primary N) is 2. The van der Waals surface area contributed by atoms with E-state index in [1.807, 2.05) is 30.3 Å². The average Bonchev–Trinajstić information content (AvgIpc) is 2.05. The summed E-state index contributed by atoms with van der Waals surface area (Å²) in [5.41, 5.74) is 7.83. The van der Waals surface area contributed by atoms with Gasteiger partial charge in [0.2, 0.25) is 0 Å². The molecule has 7 heteroatoms. The standard InChI is InChI=1S/C6H5.2CH3NO2.Ni/c1-2-4-6-5-3-1;2*2-1(3)4;/h1-5H;2*2H2,(H,3,4);/q-1;;;+3/p-2. The maximum Gasteiger partial charge on any atom is 3.00 e. The summed E-state index contributed by atoms with van der Waals surface area (Å²) in [6, 6.07) is 12.5. The van der Waals surface area contributed by atoms with Crippen LogP contribution in [-0.4, -0.2) is 12.2 Å². The van der Waals surface area contributed by atoms with Gasteiger partial charge in [-0.2, -0.15) is 36.4 Å². The van der Waals surface area contributed by atoms with E-state index in [1.165, 1.54) is 0 Å². The fourth-order valence-corrected chi connectivity index (χ4v) is 0.342. The molecule has 1 rings (SSSR count). The molecular formula is C8H9N2NiO4. The SMILES string of the molecule is NC(=O)[O-].NC(=O)[O-].[Ni+3].[c-]1ccccc1. The molecule has 1 aromatic rings. The van der Waals surface area contributed by atoms with Crippen molar-refractivity contribution in [2.24, 2.45) is 11.5 Å². The first-order valence-corrected chi connectivity index (χ1v) is 3.30. The van der Waals surface area contributed by atoms with Crippen molar-refractivity contribution >= 4 is 12.2 Å². The van der Waals surface area contributed by atoms with Gasteiger partial charge < -0.3 is 31.3 Å². The molecule has 6 nitrogen and oxygen atoms in total. The Labute approximate surface area is 96.8 Å². The molecule has 0 bridgehead atoms. The van der Waals surface area contributed by atoms with Crippen molar-refractivity contribution in [2.75, 3.05) is 0 Å². The first-order chi connectivity index (χ1) is 6.46. The summed E-state index contributed by atoms with van der Waals surface area (Å²) < 4.78 is 0. The monoisotopic (exact) mass is 255 g/mol. The van der Waals surface area contributed by atoms with Gasteiger partial charge in [0.25, 0.3) is 0 Å². The third-order valence-corrected chi connectivity index (χ3v) is 0.607. The van der Waals surface area contributed by atoms with E-state index in [1.54, 1.807) is 0 Å². The topological polar surface area (TPSA) is 132 Å². The van der Waals surface area contributed by atoms with Gasteiger partial charge >= 0.3 is 16.5 Å². The fraction of sp³-hybridized carbons (Fsp3) is 0. The summed E-state index contributed by atoms with van der Waals surface area (Å²) >= 11 is 0. The van der Waals surface area contributed by atoms with Crippen LogP contribution in [0.25, 0.3) is 0 Å². The van der Waals surface area contributed by atoms with E-state index in [-0.39, 0.29) is 16.5 Å². The number of carbonyl (C=O) groups excluding carboxylic acids is 2. The molecule has 0 aromatic heterocycles. The Balaban J connectivity index is -0.000000145. The van der Waals surface area contributed by atoms with Gasteiger partial charge in [0.1, 0.15) is 12.2 Å². The van der Waals surface area contributed by atoms with Gasteiger partial charge in [-0.05, 0) is 0 Å². The molecule has 0 saturated heterocycles. The molecule has 0 aliphatic rings. The van der Waals surface area contributed by atoms with Crippen LogP contribution in [0.3, 0.4) is 0 Å². The summed E-state index contributed by atoms with van der Waals surface area (Å²) in [4.78, 5) is 17.3. The molecule has 85 valence electrons. The minimum atomic E-state index is -1.58. The predicted octanol–water partition coefficient (Wildman–Crippen LogP) is -1.94. The average molecular weight is 256 g/mol. The van der Waals surface area contributed by atoms with E-state index >= 15 is 0 Å². The molecule has 1 radical (unpaired) electrons. The molecule has 0 unspecified atom stereocenters. The van der Waals surface area contributed by atoms with E-state index in [0.29, 0.717) is 0 Å². The Morgan fingerprint density at radius 2 is 1.20 bits per heavy atom. The van der Waals surface area contributed by atoms with Crippen LogP contribution in [0, 0.1) is 6.07 Å². The van der Waals surface area contributed by atoms with Gasteiger partial charge in [-0.15, -0.1) is 0 Å². The third-order valence-electron chi connectivity index (χ3n) is 0.607. The van der Waals surface area contributed by atoms with Crippen molar-refractivity contribution in [3.05, 3.63) is 36.4 Å². The first kappa shape index (κ1) is 18.9. The van der Waals surface area contributed by atoms with Gasteiger partial charge in [-0.1, -0.05) is 0 Å². The molecule has 15 heavy (non-hydrogen) atoms. The maximum absolute atomic E-state index is 8.67. The summed E-state index contributed by atoms with van der Waals surface area (Å²) in [7, 11) is 0. The second-order valence-corrected chi connectivity index (χ2v) is 1.72. The summed E-state index contributed by atoms with van der Waals surface area (Å²) in [5.74, 6) is 0. The molecule has 0 saturated carbocycles. The van der Waals surface area contributed by atoms with Crippen LogP contribution in [0.1, 0.15) is 0 Å². The van der Waals surface area contributed by atoms with Crippen molar-refractivity contribution in [3.63, 3.8) is 0 Å². The zero-order chi connectivity index (χ0) is 11.4. The van der Waals surface area contributed by atoms with Crippen molar-refractivity contribution in [1.29, 1.82) is 0 Å². The van der Waals surface area contributed by atoms with Gasteiger partial charge in [0.15, 0.2) is 0 Å². The Morgan fingerprint density at radius 3 is 1.27 bits per heavy atom. The van der Waals surface area contributed by atoms with Crippen molar-refractivity contribution in [1.82, 2.24) is 0 Å². The largest absolute Gasteiger partial charge is 3.00 e. The molecule has 0 aliphatic carbocycles. The van der Waals surface area contributed by atoms with Crippen molar-refractivity contribution in [3.8, 4) is 0 Å². The van der Waals surface area contributed by atoms with Gasteiger partial charge in [-0.3, -0.25) is 0 Å². The Hall–Kier alpha value is -1.75. The van der Waals surface area contributed by atoms with Crippen LogP contribution >= 0.6 is 0 Å². The number of rotatable bonds is 0. The fourth-order valence-electron chi connectivity index (χ4n) is 0.342. The molecule has 0 spiro atoms. The minimum absolute atomic E-state index is 0. The number of amides is 2. The Bertz CT molecular complexity index is 209. The van der Waals surface area contributed by atoms with Crippen LogP contribution < -0.4 is 21.7 Å². The second kappa shape index (κ2) is 14.8. The van der Waals surface area contributed by atoms with E-state index in [4.69, 9.17) is 19.8 Å². The van der Waals surface area contributed by atoms with E-state index in [9.17, 15) is 0 Å². The summed E-state index contributed by atoms with van der Waals surface area (Å²) in [6.07, 6.45) is -3.17. The van der Waals surface area contributed by atoms with Crippen LogP contribution in [0.4, 0.5) is 9.59 Å². The van der Waals surface area contributed by atoms with Gasteiger partial charge in [-0.25, -0.2) is 0 Å². The predicted molar refractivity (Wildman–Crippen MR) is 44.4 cm³/mol. The number of primary amides is 2. The van der Waals surface area contributed by atoms with Crippen LogP contribution in [0.2, 0.25) is 0 Å². The van der Waals surface area contributed by atoms with Crippen molar-refractivity contribution < 1.29 is 36.3 Å². The first-order valence-electron chi connectivity index (χ1n) is 3.30. The zero-order valence-corrected chi connectivity index (χ0v) is 8.48. The van der Waals surface area contributed by atoms with Crippen LogP contribution in [0.15, 0.2) is 30.3 Å². The van der Waals surface area contributed by atoms with Crippen LogP contribution in [0.5, 0.6) is 0 Å². The number of hydrogen-bond acceptors (Lipinski definition) is 4. The van der Waals surface area contributed by atoms with Gasteiger partial charge in [0, 0.05) is 0 Å². The van der Waals surface area contributed by atoms with E-state index < -0.39 is 12.2 Å². The number of carbonyl (C=O) groups is 2. The van der Waals surface area contributed by atoms with E-state index in [0.717, 1.165) is 0 Å². The Morgan fingerprint density at radius 1 is 0.933 bits per heavy atom. The van der Waals surface area contributed by atoms with Crippen molar-refractivity contribution in [2.45, 2.75) is 0 Å². The number of carboxylic acid groups (broad SMARTS) is 2. The summed E-state index contributed by atoms with van der Waals surface area (Å²) in [6.45, 7) is 0. The van der Waals surface area contributed by atoms with Crippen LogP contribution in [-0.2, 0) is 16.5 Å². The molecule has 2 amide bonds. The molecule has 0 aliphatic heterocycles.